The number of benzene rings is 1. The van der Waals surface area contributed by atoms with Crippen molar-refractivity contribution in [2.45, 2.75) is 13.1 Å². The number of rotatable bonds is 3. The second-order valence-electron chi connectivity index (χ2n) is 3.36. The third kappa shape index (κ3) is 3.25. The third-order valence-electron chi connectivity index (χ3n) is 1.69. The van der Waals surface area contributed by atoms with Crippen molar-refractivity contribution in [3.05, 3.63) is 41.6 Å². The molecule has 0 aromatic heterocycles. The molecule has 0 spiro atoms. The van der Waals surface area contributed by atoms with E-state index in [-0.39, 0.29) is 0 Å². The molecular formula is C10H13ClOSi. The molecule has 0 saturated heterocycles. The van der Waals surface area contributed by atoms with Gasteiger partial charge in [-0.1, -0.05) is 17.3 Å². The summed E-state index contributed by atoms with van der Waals surface area (Å²) in [5.74, 6) is 0.862. The van der Waals surface area contributed by atoms with Crippen LogP contribution in [0, 0.1) is 0 Å². The highest BCUT2D eigenvalue weighted by Crippen LogP contribution is 2.19. The molecule has 1 rings (SSSR count). The van der Waals surface area contributed by atoms with Crippen molar-refractivity contribution < 1.29 is 4.43 Å². The summed E-state index contributed by atoms with van der Waals surface area (Å²) in [6.07, 6.45) is 0. The molecule has 0 unspecified atom stereocenters. The summed E-state index contributed by atoms with van der Waals surface area (Å²) in [6, 6.07) is 7.40. The van der Waals surface area contributed by atoms with Gasteiger partial charge in [-0.05, 0) is 37.4 Å². The van der Waals surface area contributed by atoms with Crippen molar-refractivity contribution in [2.75, 3.05) is 0 Å². The van der Waals surface area contributed by atoms with Crippen LogP contribution in [0.5, 0.6) is 5.75 Å². The molecule has 3 heteroatoms. The molecule has 0 fully saturated rings. The lowest BCUT2D eigenvalue weighted by molar-refractivity contribution is 0.563. The zero-order chi connectivity index (χ0) is 9.90. The molecule has 0 atom stereocenters. The van der Waals surface area contributed by atoms with Gasteiger partial charge >= 0.3 is 0 Å². The van der Waals surface area contributed by atoms with E-state index in [0.29, 0.717) is 0 Å². The minimum absolute atomic E-state index is 0.727. The van der Waals surface area contributed by atoms with Crippen LogP contribution >= 0.6 is 11.6 Å². The van der Waals surface area contributed by atoms with Gasteiger partial charge in [-0.2, -0.15) is 0 Å². The lowest BCUT2D eigenvalue weighted by Gasteiger charge is -2.19. The molecule has 0 amide bonds. The Morgan fingerprint density at radius 1 is 1.31 bits per heavy atom. The van der Waals surface area contributed by atoms with Crippen LogP contribution in [0.3, 0.4) is 0 Å². The highest BCUT2D eigenvalue weighted by molar-refractivity contribution is 6.76. The third-order valence-corrected chi connectivity index (χ3v) is 3.68. The van der Waals surface area contributed by atoms with E-state index in [1.807, 2.05) is 30.0 Å². The Balaban J connectivity index is 2.75. The maximum Gasteiger partial charge on any atom is 0.269 e. The average Bonchev–Trinajstić information content (AvgIpc) is 2.09. The van der Waals surface area contributed by atoms with Gasteiger partial charge in [0.05, 0.1) is 0 Å². The molecule has 1 nitrogen and oxygen atoms in total. The van der Waals surface area contributed by atoms with Gasteiger partial charge in [0.2, 0.25) is 0 Å². The van der Waals surface area contributed by atoms with E-state index in [1.165, 1.54) is 0 Å². The Bertz CT molecular complexity index is 292. The molecule has 0 N–H and O–H groups in total. The Labute approximate surface area is 85.1 Å². The second kappa shape index (κ2) is 3.98. The van der Waals surface area contributed by atoms with E-state index < -0.39 is 8.32 Å². The molecule has 1 aromatic rings. The van der Waals surface area contributed by atoms with E-state index in [1.54, 1.807) is 0 Å². The summed E-state index contributed by atoms with van der Waals surface area (Å²) in [4.78, 5) is 0. The summed E-state index contributed by atoms with van der Waals surface area (Å²) < 4.78 is 5.77. The van der Waals surface area contributed by atoms with E-state index >= 15 is 0 Å². The minimum atomic E-state index is -1.71. The summed E-state index contributed by atoms with van der Waals surface area (Å²) in [6.45, 7) is 7.94. The van der Waals surface area contributed by atoms with E-state index in [2.05, 4.69) is 19.7 Å². The molecule has 0 aliphatic heterocycles. The van der Waals surface area contributed by atoms with Crippen molar-refractivity contribution in [1.82, 2.24) is 0 Å². The van der Waals surface area contributed by atoms with Crippen LogP contribution in [0.25, 0.3) is 0 Å². The highest BCUT2D eigenvalue weighted by Gasteiger charge is 2.18. The maximum atomic E-state index is 5.77. The molecule has 0 aliphatic rings. The first-order valence-corrected chi connectivity index (χ1v) is 7.48. The quantitative estimate of drug-likeness (QED) is 0.696. The van der Waals surface area contributed by atoms with Gasteiger partial charge < -0.3 is 4.43 Å². The van der Waals surface area contributed by atoms with Gasteiger partial charge in [0.15, 0.2) is 0 Å². The molecule has 13 heavy (non-hydrogen) atoms. The van der Waals surface area contributed by atoms with Crippen molar-refractivity contribution in [3.63, 3.8) is 0 Å². The predicted molar refractivity (Wildman–Crippen MR) is 59.8 cm³/mol. The number of hydrogen-bond donors (Lipinski definition) is 0. The lowest BCUT2D eigenvalue weighted by atomic mass is 10.3. The Hall–Kier alpha value is -0.733. The number of halogens is 1. The summed E-state index contributed by atoms with van der Waals surface area (Å²) in [5.41, 5.74) is 1.90. The van der Waals surface area contributed by atoms with Crippen LogP contribution in [0.1, 0.15) is 0 Å². The van der Waals surface area contributed by atoms with E-state index in [9.17, 15) is 0 Å². The predicted octanol–water partition coefficient (Wildman–Crippen LogP) is 3.65. The van der Waals surface area contributed by atoms with Crippen molar-refractivity contribution in [1.29, 1.82) is 0 Å². The highest BCUT2D eigenvalue weighted by atomic mass is 35.5. The first kappa shape index (κ1) is 10.3. The van der Waals surface area contributed by atoms with Gasteiger partial charge in [-0.3, -0.25) is 0 Å². The molecule has 0 saturated carbocycles. The van der Waals surface area contributed by atoms with Crippen LogP contribution in [0.15, 0.2) is 36.5 Å². The first-order valence-electron chi connectivity index (χ1n) is 4.12. The van der Waals surface area contributed by atoms with Crippen LogP contribution < -0.4 is 4.43 Å². The Morgan fingerprint density at radius 3 is 2.31 bits per heavy atom. The SMILES string of the molecule is C=C[Si](C)(C)Oc1ccc(Cl)cc1. The minimum Gasteiger partial charge on any atom is -0.540 e. The zero-order valence-electron chi connectivity index (χ0n) is 7.88. The summed E-state index contributed by atoms with van der Waals surface area (Å²) >= 11 is 5.75. The topological polar surface area (TPSA) is 9.23 Å². The van der Waals surface area contributed by atoms with Gasteiger partial charge in [0.25, 0.3) is 8.32 Å². The fourth-order valence-corrected chi connectivity index (χ4v) is 1.80. The molecule has 0 radical (unpaired) electrons. The van der Waals surface area contributed by atoms with Gasteiger partial charge in [0, 0.05) is 5.02 Å². The summed E-state index contributed by atoms with van der Waals surface area (Å²) in [5, 5.41) is 0.727. The van der Waals surface area contributed by atoms with Gasteiger partial charge in [0.1, 0.15) is 5.75 Å². The molecule has 0 bridgehead atoms. The maximum absolute atomic E-state index is 5.77. The fourth-order valence-electron chi connectivity index (χ4n) is 0.848. The molecule has 0 heterocycles. The Morgan fingerprint density at radius 2 is 1.85 bits per heavy atom. The van der Waals surface area contributed by atoms with Crippen LogP contribution in [-0.2, 0) is 0 Å². The fraction of sp³-hybridized carbons (Fsp3) is 0.200. The first-order chi connectivity index (χ1) is 6.03. The average molecular weight is 213 g/mol. The standard InChI is InChI=1S/C10H13ClOSi/c1-4-13(2,3)12-10-7-5-9(11)6-8-10/h4-8H,1H2,2-3H3. The molecular weight excluding hydrogens is 200 g/mol. The summed E-state index contributed by atoms with van der Waals surface area (Å²) in [7, 11) is -1.71. The van der Waals surface area contributed by atoms with Crippen molar-refractivity contribution in [2.24, 2.45) is 0 Å². The van der Waals surface area contributed by atoms with Crippen LogP contribution in [-0.4, -0.2) is 8.32 Å². The molecule has 1 aromatic carbocycles. The largest absolute Gasteiger partial charge is 0.540 e. The van der Waals surface area contributed by atoms with E-state index in [0.717, 1.165) is 10.8 Å². The van der Waals surface area contributed by atoms with Crippen molar-refractivity contribution >= 4 is 19.9 Å². The van der Waals surface area contributed by atoms with Gasteiger partial charge in [-0.25, -0.2) is 0 Å². The van der Waals surface area contributed by atoms with Crippen LogP contribution in [0.4, 0.5) is 0 Å². The van der Waals surface area contributed by atoms with Gasteiger partial charge in [-0.15, -0.1) is 6.58 Å². The van der Waals surface area contributed by atoms with E-state index in [4.69, 9.17) is 16.0 Å². The second-order valence-corrected chi connectivity index (χ2v) is 7.62. The monoisotopic (exact) mass is 212 g/mol. The molecule has 0 aliphatic carbocycles. The smallest absolute Gasteiger partial charge is 0.269 e. The lowest BCUT2D eigenvalue weighted by Crippen LogP contribution is -2.31. The zero-order valence-corrected chi connectivity index (χ0v) is 9.64. The normalized spacial score (nSPS) is 11.0. The van der Waals surface area contributed by atoms with Crippen molar-refractivity contribution in [3.8, 4) is 5.75 Å². The molecule has 70 valence electrons. The number of hydrogen-bond acceptors (Lipinski definition) is 1. The Kier molecular flexibility index (Phi) is 3.17. The van der Waals surface area contributed by atoms with Crippen LogP contribution in [0.2, 0.25) is 18.1 Å².